The van der Waals surface area contributed by atoms with Crippen LogP contribution in [0.3, 0.4) is 0 Å². The molecule has 168 valence electrons. The van der Waals surface area contributed by atoms with Gasteiger partial charge in [0.15, 0.2) is 0 Å². The highest BCUT2D eigenvalue weighted by atomic mass is 16.2. The number of rotatable bonds is 7. The molecular weight excluding hydrogens is 408 g/mol. The van der Waals surface area contributed by atoms with E-state index in [1.807, 2.05) is 23.1 Å². The molecule has 1 saturated heterocycles. The molecular formula is C23H28N6O3. The number of benzene rings is 1. The zero-order valence-electron chi connectivity index (χ0n) is 17.9. The van der Waals surface area contributed by atoms with Gasteiger partial charge in [0.05, 0.1) is 0 Å². The molecule has 9 nitrogen and oxygen atoms in total. The lowest BCUT2D eigenvalue weighted by atomic mass is 10.2. The van der Waals surface area contributed by atoms with E-state index in [0.717, 1.165) is 31.7 Å². The average molecular weight is 437 g/mol. The molecule has 32 heavy (non-hydrogen) atoms. The molecule has 1 saturated carbocycles. The number of amides is 4. The molecule has 4 rings (SSSR count). The molecule has 0 bridgehead atoms. The third kappa shape index (κ3) is 5.96. The minimum atomic E-state index is -0.405. The van der Waals surface area contributed by atoms with E-state index in [1.165, 1.54) is 0 Å². The van der Waals surface area contributed by atoms with Crippen molar-refractivity contribution >= 4 is 29.4 Å². The Kier molecular flexibility index (Phi) is 6.84. The fourth-order valence-electron chi connectivity index (χ4n) is 3.58. The number of carbonyl (C=O) groups is 3. The summed E-state index contributed by atoms with van der Waals surface area (Å²) in [4.78, 5) is 45.1. The van der Waals surface area contributed by atoms with Crippen LogP contribution in [-0.2, 0) is 4.79 Å². The zero-order valence-corrected chi connectivity index (χ0v) is 17.9. The molecule has 2 aliphatic rings. The fraction of sp³-hybridized carbons (Fsp3) is 0.391. The molecule has 2 heterocycles. The zero-order chi connectivity index (χ0) is 22.3. The molecule has 0 unspecified atom stereocenters. The predicted octanol–water partition coefficient (Wildman–Crippen LogP) is 1.83. The maximum Gasteiger partial charge on any atom is 0.319 e. The van der Waals surface area contributed by atoms with Crippen LogP contribution in [0.1, 0.15) is 29.6 Å². The van der Waals surface area contributed by atoms with Crippen LogP contribution in [0.15, 0.2) is 48.7 Å². The van der Waals surface area contributed by atoms with Crippen LogP contribution in [0, 0.1) is 0 Å². The number of nitrogens with one attached hydrogen (secondary N) is 3. The largest absolute Gasteiger partial charge is 0.353 e. The third-order valence-electron chi connectivity index (χ3n) is 5.53. The van der Waals surface area contributed by atoms with E-state index < -0.39 is 6.03 Å². The Morgan fingerprint density at radius 1 is 1.00 bits per heavy atom. The van der Waals surface area contributed by atoms with Gasteiger partial charge < -0.3 is 25.8 Å². The van der Waals surface area contributed by atoms with Crippen LogP contribution in [0.25, 0.3) is 0 Å². The topological polar surface area (TPSA) is 107 Å². The van der Waals surface area contributed by atoms with Crippen molar-refractivity contribution in [2.24, 2.45) is 0 Å². The fourth-order valence-corrected chi connectivity index (χ4v) is 3.58. The number of pyridine rings is 1. The highest BCUT2D eigenvalue weighted by molar-refractivity contribution is 5.97. The number of hydrogen-bond acceptors (Lipinski definition) is 5. The lowest BCUT2D eigenvalue weighted by Crippen LogP contribution is -2.49. The van der Waals surface area contributed by atoms with Crippen LogP contribution < -0.4 is 20.9 Å². The molecule has 0 spiro atoms. The number of anilines is 2. The van der Waals surface area contributed by atoms with E-state index in [-0.39, 0.29) is 30.8 Å². The van der Waals surface area contributed by atoms with Crippen molar-refractivity contribution in [2.75, 3.05) is 42.9 Å². The second-order valence-electron chi connectivity index (χ2n) is 8.02. The third-order valence-corrected chi connectivity index (χ3v) is 5.53. The number of carbonyl (C=O) groups excluding carboxylic acids is 3. The van der Waals surface area contributed by atoms with Gasteiger partial charge in [-0.3, -0.25) is 9.59 Å². The molecule has 1 aliphatic heterocycles. The minimum Gasteiger partial charge on any atom is -0.353 e. The van der Waals surface area contributed by atoms with Crippen molar-refractivity contribution in [3.05, 3.63) is 54.2 Å². The van der Waals surface area contributed by atoms with Crippen LogP contribution in [0.2, 0.25) is 0 Å². The Hall–Kier alpha value is -3.62. The van der Waals surface area contributed by atoms with Crippen LogP contribution in [0.4, 0.5) is 16.3 Å². The van der Waals surface area contributed by atoms with E-state index in [1.54, 1.807) is 30.5 Å². The van der Waals surface area contributed by atoms with Crippen LogP contribution >= 0.6 is 0 Å². The predicted molar refractivity (Wildman–Crippen MR) is 122 cm³/mol. The van der Waals surface area contributed by atoms with Crippen LogP contribution in [-0.4, -0.2) is 66.5 Å². The standard InChI is InChI=1S/C23H28N6O3/c30-21(29-14-12-28(13-15-29)20-6-1-2-10-24-20)9-11-25-23(32)27-19-5-3-4-17(16-19)22(31)26-18-7-8-18/h1-6,10,16,18H,7-9,11-15H2,(H,26,31)(H2,25,27,32). The average Bonchev–Trinajstić information content (AvgIpc) is 3.64. The minimum absolute atomic E-state index is 0.0183. The van der Waals surface area contributed by atoms with Gasteiger partial charge in [0, 0.05) is 62.6 Å². The molecule has 9 heteroatoms. The van der Waals surface area contributed by atoms with Crippen molar-refractivity contribution < 1.29 is 14.4 Å². The first-order valence-corrected chi connectivity index (χ1v) is 11.0. The summed E-state index contributed by atoms with van der Waals surface area (Å²) >= 11 is 0. The first-order valence-electron chi connectivity index (χ1n) is 11.0. The first-order chi connectivity index (χ1) is 15.6. The summed E-state index contributed by atoms with van der Waals surface area (Å²) in [5.74, 6) is 0.807. The summed E-state index contributed by atoms with van der Waals surface area (Å²) in [6.45, 7) is 2.99. The molecule has 1 aromatic heterocycles. The molecule has 3 N–H and O–H groups in total. The molecule has 0 atom stereocenters. The summed E-state index contributed by atoms with van der Waals surface area (Å²) in [5, 5.41) is 8.35. The van der Waals surface area contributed by atoms with E-state index in [0.29, 0.717) is 24.3 Å². The molecule has 4 amide bonds. The lowest BCUT2D eigenvalue weighted by Gasteiger charge is -2.35. The Morgan fingerprint density at radius 3 is 2.53 bits per heavy atom. The maximum absolute atomic E-state index is 12.5. The van der Waals surface area contributed by atoms with Crippen molar-refractivity contribution in [1.82, 2.24) is 20.5 Å². The highest BCUT2D eigenvalue weighted by Crippen LogP contribution is 2.20. The highest BCUT2D eigenvalue weighted by Gasteiger charge is 2.24. The van der Waals surface area contributed by atoms with Gasteiger partial charge >= 0.3 is 6.03 Å². The van der Waals surface area contributed by atoms with E-state index in [9.17, 15) is 14.4 Å². The molecule has 0 radical (unpaired) electrons. The Balaban J connectivity index is 1.16. The Labute approximate surface area is 187 Å². The summed E-state index contributed by atoms with van der Waals surface area (Å²) in [7, 11) is 0. The normalized spacial score (nSPS) is 15.8. The number of nitrogens with zero attached hydrogens (tertiary/aromatic N) is 3. The van der Waals surface area contributed by atoms with E-state index in [4.69, 9.17) is 0 Å². The van der Waals surface area contributed by atoms with Gasteiger partial charge in [-0.25, -0.2) is 9.78 Å². The van der Waals surface area contributed by atoms with Gasteiger partial charge in [-0.15, -0.1) is 0 Å². The summed E-state index contributed by atoms with van der Waals surface area (Å²) in [5.41, 5.74) is 1.04. The van der Waals surface area contributed by atoms with Gasteiger partial charge in [0.25, 0.3) is 5.91 Å². The van der Waals surface area contributed by atoms with Gasteiger partial charge in [-0.1, -0.05) is 12.1 Å². The molecule has 1 aromatic carbocycles. The quantitative estimate of drug-likeness (QED) is 0.614. The van der Waals surface area contributed by atoms with Crippen molar-refractivity contribution in [2.45, 2.75) is 25.3 Å². The van der Waals surface area contributed by atoms with E-state index in [2.05, 4.69) is 25.8 Å². The summed E-state index contributed by atoms with van der Waals surface area (Å²) in [6, 6.07) is 12.5. The molecule has 2 fully saturated rings. The Morgan fingerprint density at radius 2 is 1.81 bits per heavy atom. The summed E-state index contributed by atoms with van der Waals surface area (Å²) in [6.07, 6.45) is 4.04. The van der Waals surface area contributed by atoms with Gasteiger partial charge in [-0.2, -0.15) is 0 Å². The van der Waals surface area contributed by atoms with Crippen molar-refractivity contribution in [1.29, 1.82) is 0 Å². The first kappa shape index (κ1) is 21.6. The van der Waals surface area contributed by atoms with Crippen molar-refractivity contribution in [3.8, 4) is 0 Å². The van der Waals surface area contributed by atoms with Gasteiger partial charge in [0.1, 0.15) is 5.82 Å². The maximum atomic E-state index is 12.5. The lowest BCUT2D eigenvalue weighted by molar-refractivity contribution is -0.131. The van der Waals surface area contributed by atoms with Gasteiger partial charge in [-0.05, 0) is 43.2 Å². The summed E-state index contributed by atoms with van der Waals surface area (Å²) < 4.78 is 0. The van der Waals surface area contributed by atoms with E-state index >= 15 is 0 Å². The number of hydrogen-bond donors (Lipinski definition) is 3. The smallest absolute Gasteiger partial charge is 0.319 e. The second-order valence-corrected chi connectivity index (χ2v) is 8.02. The molecule has 2 aromatic rings. The van der Waals surface area contributed by atoms with Crippen molar-refractivity contribution in [3.63, 3.8) is 0 Å². The monoisotopic (exact) mass is 436 g/mol. The molecule has 1 aliphatic carbocycles. The Bertz CT molecular complexity index is 955. The number of piperazine rings is 1. The van der Waals surface area contributed by atoms with Gasteiger partial charge in [0.2, 0.25) is 5.91 Å². The number of urea groups is 1. The number of aromatic nitrogens is 1. The SMILES string of the molecule is O=C(NCCC(=O)N1CCN(c2ccccn2)CC1)Nc1cccc(C(=O)NC2CC2)c1. The van der Waals surface area contributed by atoms with Crippen LogP contribution in [0.5, 0.6) is 0 Å². The second kappa shape index (κ2) is 10.1.